The fraction of sp³-hybridized carbons (Fsp3) is 0.556. The highest BCUT2D eigenvalue weighted by atomic mass is 16.3. The lowest BCUT2D eigenvalue weighted by atomic mass is 9.97. The Hall–Kier alpha value is -1.88. The van der Waals surface area contributed by atoms with Crippen LogP contribution < -0.4 is 10.2 Å². The van der Waals surface area contributed by atoms with E-state index in [-0.39, 0.29) is 18.4 Å². The maximum atomic E-state index is 12.3. The maximum Gasteiger partial charge on any atom is 0.251 e. The first kappa shape index (κ1) is 17.5. The highest BCUT2D eigenvalue weighted by molar-refractivity contribution is 5.98. The molecule has 0 aromatic heterocycles. The van der Waals surface area contributed by atoms with Gasteiger partial charge in [0.25, 0.3) is 5.91 Å². The first-order valence-electron chi connectivity index (χ1n) is 8.38. The Balaban J connectivity index is 2.08. The fourth-order valence-corrected chi connectivity index (χ4v) is 2.84. The van der Waals surface area contributed by atoms with Crippen molar-refractivity contribution in [1.29, 1.82) is 0 Å². The van der Waals surface area contributed by atoms with Gasteiger partial charge in [0.15, 0.2) is 0 Å². The molecule has 1 aromatic rings. The van der Waals surface area contributed by atoms with Gasteiger partial charge in [-0.2, -0.15) is 0 Å². The highest BCUT2D eigenvalue weighted by Crippen LogP contribution is 2.29. The molecule has 0 saturated carbocycles. The molecule has 0 aliphatic carbocycles. The van der Waals surface area contributed by atoms with Crippen LogP contribution in [0.1, 0.15) is 56.0 Å². The van der Waals surface area contributed by atoms with Gasteiger partial charge >= 0.3 is 0 Å². The normalized spacial score (nSPS) is 13.8. The molecule has 0 fully saturated rings. The van der Waals surface area contributed by atoms with Crippen molar-refractivity contribution in [2.24, 2.45) is 0 Å². The summed E-state index contributed by atoms with van der Waals surface area (Å²) < 4.78 is 0. The smallest absolute Gasteiger partial charge is 0.251 e. The predicted octanol–water partition coefficient (Wildman–Crippen LogP) is 2.27. The van der Waals surface area contributed by atoms with Gasteiger partial charge in [-0.1, -0.05) is 20.8 Å². The van der Waals surface area contributed by atoms with E-state index in [1.54, 1.807) is 11.0 Å². The van der Waals surface area contributed by atoms with Crippen LogP contribution in [0.25, 0.3) is 0 Å². The van der Waals surface area contributed by atoms with Gasteiger partial charge < -0.3 is 15.3 Å². The zero-order chi connectivity index (χ0) is 17.0. The fourth-order valence-electron chi connectivity index (χ4n) is 2.84. The molecule has 23 heavy (non-hydrogen) atoms. The molecule has 0 saturated heterocycles. The lowest BCUT2D eigenvalue weighted by Crippen LogP contribution is -2.42. The van der Waals surface area contributed by atoms with Crippen LogP contribution in [0.5, 0.6) is 0 Å². The van der Waals surface area contributed by atoms with Crippen molar-refractivity contribution in [2.45, 2.75) is 52.1 Å². The van der Waals surface area contributed by atoms with E-state index in [0.29, 0.717) is 31.4 Å². The minimum atomic E-state index is -0.850. The number of benzene rings is 1. The van der Waals surface area contributed by atoms with Crippen molar-refractivity contribution >= 4 is 17.5 Å². The topological polar surface area (TPSA) is 69.6 Å². The van der Waals surface area contributed by atoms with Crippen molar-refractivity contribution < 1.29 is 14.7 Å². The number of anilines is 1. The van der Waals surface area contributed by atoms with E-state index >= 15 is 0 Å². The summed E-state index contributed by atoms with van der Waals surface area (Å²) in [6.07, 6.45) is 2.45. The van der Waals surface area contributed by atoms with Gasteiger partial charge in [-0.3, -0.25) is 9.59 Å². The standard InChI is InChI=1S/C18H26N2O3/c1-4-16(21)20-10-9-13-11-14(7-8-15(13)20)17(22)19-12-18(23,5-2)6-3/h7-8,11,23H,4-6,9-10,12H2,1-3H3,(H,19,22). The zero-order valence-corrected chi connectivity index (χ0v) is 14.2. The molecule has 0 bridgehead atoms. The highest BCUT2D eigenvalue weighted by Gasteiger charge is 2.26. The molecule has 2 N–H and O–H groups in total. The molecule has 0 spiro atoms. The average molecular weight is 318 g/mol. The summed E-state index contributed by atoms with van der Waals surface area (Å²) >= 11 is 0. The third-order valence-electron chi connectivity index (χ3n) is 4.73. The van der Waals surface area contributed by atoms with Crippen LogP contribution in [0.4, 0.5) is 5.69 Å². The number of nitrogens with zero attached hydrogens (tertiary/aromatic N) is 1. The summed E-state index contributed by atoms with van der Waals surface area (Å²) in [4.78, 5) is 26.0. The quantitative estimate of drug-likeness (QED) is 0.845. The second-order valence-electron chi connectivity index (χ2n) is 6.11. The lowest BCUT2D eigenvalue weighted by molar-refractivity contribution is -0.118. The Morgan fingerprint density at radius 3 is 2.57 bits per heavy atom. The van der Waals surface area contributed by atoms with Crippen LogP contribution in [0.3, 0.4) is 0 Å². The summed E-state index contributed by atoms with van der Waals surface area (Å²) in [6, 6.07) is 5.44. The largest absolute Gasteiger partial charge is 0.388 e. The number of nitrogens with one attached hydrogen (secondary N) is 1. The minimum Gasteiger partial charge on any atom is -0.388 e. The molecule has 1 aromatic carbocycles. The molecule has 5 heteroatoms. The average Bonchev–Trinajstić information content (AvgIpc) is 3.01. The van der Waals surface area contributed by atoms with Crippen LogP contribution in [0.15, 0.2) is 18.2 Å². The Bertz CT molecular complexity index is 594. The summed E-state index contributed by atoms with van der Waals surface area (Å²) in [7, 11) is 0. The summed E-state index contributed by atoms with van der Waals surface area (Å²) in [5.74, 6) is -0.0784. The molecule has 0 unspecified atom stereocenters. The molecular formula is C18H26N2O3. The Kier molecular flexibility index (Phi) is 5.42. The molecule has 0 atom stereocenters. The van der Waals surface area contributed by atoms with E-state index in [9.17, 15) is 14.7 Å². The van der Waals surface area contributed by atoms with Crippen molar-refractivity contribution in [1.82, 2.24) is 5.32 Å². The van der Waals surface area contributed by atoms with Gasteiger partial charge in [0.05, 0.1) is 5.60 Å². The molecule has 5 nitrogen and oxygen atoms in total. The van der Waals surface area contributed by atoms with Gasteiger partial charge in [0.1, 0.15) is 0 Å². The Labute approximate surface area is 137 Å². The third-order valence-corrected chi connectivity index (χ3v) is 4.73. The van der Waals surface area contributed by atoms with Crippen molar-refractivity contribution in [2.75, 3.05) is 18.0 Å². The molecule has 1 aliphatic rings. The molecule has 2 rings (SSSR count). The number of carbonyl (C=O) groups excluding carboxylic acids is 2. The van der Waals surface area contributed by atoms with Gasteiger partial charge in [-0.15, -0.1) is 0 Å². The Morgan fingerprint density at radius 1 is 1.26 bits per heavy atom. The third kappa shape index (κ3) is 3.72. The maximum absolute atomic E-state index is 12.3. The Morgan fingerprint density at radius 2 is 1.96 bits per heavy atom. The van der Waals surface area contributed by atoms with E-state index in [1.807, 2.05) is 32.9 Å². The van der Waals surface area contributed by atoms with Crippen molar-refractivity contribution in [3.63, 3.8) is 0 Å². The van der Waals surface area contributed by atoms with Crippen molar-refractivity contribution in [3.05, 3.63) is 29.3 Å². The number of amides is 2. The lowest BCUT2D eigenvalue weighted by Gasteiger charge is -2.25. The van der Waals surface area contributed by atoms with Gasteiger partial charge in [-0.05, 0) is 43.0 Å². The zero-order valence-electron chi connectivity index (χ0n) is 14.2. The van der Waals surface area contributed by atoms with E-state index in [4.69, 9.17) is 0 Å². The second kappa shape index (κ2) is 7.13. The second-order valence-corrected chi connectivity index (χ2v) is 6.11. The molecule has 0 radical (unpaired) electrons. The summed E-state index contributed by atoms with van der Waals surface area (Å²) in [6.45, 7) is 6.59. The van der Waals surface area contributed by atoms with Gasteiger partial charge in [0.2, 0.25) is 5.91 Å². The summed E-state index contributed by atoms with van der Waals surface area (Å²) in [5.41, 5.74) is 1.66. The van der Waals surface area contributed by atoms with Crippen LogP contribution >= 0.6 is 0 Å². The van der Waals surface area contributed by atoms with Crippen LogP contribution in [0, 0.1) is 0 Å². The number of hydrogen-bond acceptors (Lipinski definition) is 3. The number of aliphatic hydroxyl groups is 1. The number of hydrogen-bond donors (Lipinski definition) is 2. The van der Waals surface area contributed by atoms with E-state index in [1.165, 1.54) is 0 Å². The molecule has 2 amide bonds. The van der Waals surface area contributed by atoms with Crippen LogP contribution in [-0.4, -0.2) is 35.6 Å². The SMILES string of the molecule is CCC(=O)N1CCc2cc(C(=O)NCC(O)(CC)CC)ccc21. The number of rotatable bonds is 6. The van der Waals surface area contributed by atoms with E-state index < -0.39 is 5.60 Å². The molecule has 1 heterocycles. The van der Waals surface area contributed by atoms with Crippen molar-refractivity contribution in [3.8, 4) is 0 Å². The van der Waals surface area contributed by atoms with Crippen LogP contribution in [-0.2, 0) is 11.2 Å². The van der Waals surface area contributed by atoms with Gasteiger partial charge in [0, 0.05) is 30.8 Å². The minimum absolute atomic E-state index is 0.108. The van der Waals surface area contributed by atoms with Crippen LogP contribution in [0.2, 0.25) is 0 Å². The summed E-state index contributed by atoms with van der Waals surface area (Å²) in [5, 5.41) is 13.1. The first-order chi connectivity index (χ1) is 10.9. The van der Waals surface area contributed by atoms with E-state index in [2.05, 4.69) is 5.32 Å². The molecule has 1 aliphatic heterocycles. The number of fused-ring (bicyclic) bond motifs is 1. The number of carbonyl (C=O) groups is 2. The monoisotopic (exact) mass is 318 g/mol. The van der Waals surface area contributed by atoms with E-state index in [0.717, 1.165) is 17.7 Å². The van der Waals surface area contributed by atoms with Gasteiger partial charge in [-0.25, -0.2) is 0 Å². The molecular weight excluding hydrogens is 292 g/mol. The first-order valence-corrected chi connectivity index (χ1v) is 8.38. The predicted molar refractivity (Wildman–Crippen MR) is 90.7 cm³/mol. The molecule has 126 valence electrons.